The highest BCUT2D eigenvalue weighted by molar-refractivity contribution is 9.10. The number of hydrogen-bond donors (Lipinski definition) is 3. The number of nitrogens with two attached hydrogens (primary N) is 1. The fourth-order valence-electron chi connectivity index (χ4n) is 4.48. The fourth-order valence-corrected chi connectivity index (χ4v) is 9.27. The van der Waals surface area contributed by atoms with E-state index in [2.05, 4.69) is 42.5 Å². The molecule has 2 aromatic carbocycles. The maximum absolute atomic E-state index is 15.3. The number of likely N-dealkylation sites (N-methyl/N-ethyl adjacent to an activating group) is 1. The number of benzene rings is 2. The molecular formula is C29H39Br2F4N3O8P2. The van der Waals surface area contributed by atoms with E-state index in [1.54, 1.807) is 0 Å². The summed E-state index contributed by atoms with van der Waals surface area (Å²) < 4.78 is 106. The number of alkyl halides is 4. The zero-order valence-electron chi connectivity index (χ0n) is 26.9. The van der Waals surface area contributed by atoms with E-state index in [9.17, 15) is 18.7 Å². The number of hydrogen-bond acceptors (Lipinski definition) is 9. The van der Waals surface area contributed by atoms with Crippen LogP contribution in [0.3, 0.4) is 0 Å². The molecule has 0 radical (unpaired) electrons. The van der Waals surface area contributed by atoms with Crippen molar-refractivity contribution in [3.05, 3.63) is 67.6 Å². The lowest BCUT2D eigenvalue weighted by Gasteiger charge is -2.27. The molecule has 0 aliphatic rings. The van der Waals surface area contributed by atoms with Crippen molar-refractivity contribution in [3.8, 4) is 0 Å². The molecule has 0 unspecified atom stereocenters. The lowest BCUT2D eigenvalue weighted by molar-refractivity contribution is -0.129. The van der Waals surface area contributed by atoms with E-state index in [1.807, 2.05) is 0 Å². The van der Waals surface area contributed by atoms with E-state index < -0.39 is 61.5 Å². The van der Waals surface area contributed by atoms with Crippen molar-refractivity contribution in [2.45, 2.75) is 63.9 Å². The molecule has 2 atom stereocenters. The quantitative estimate of drug-likeness (QED) is 0.0985. The second kappa shape index (κ2) is 18.0. The van der Waals surface area contributed by atoms with Crippen molar-refractivity contribution in [1.82, 2.24) is 10.6 Å². The van der Waals surface area contributed by atoms with Crippen LogP contribution in [0.4, 0.5) is 17.6 Å². The fraction of sp³-hybridized carbons (Fsp3) is 0.517. The summed E-state index contributed by atoms with van der Waals surface area (Å²) in [6, 6.07) is 4.75. The zero-order valence-corrected chi connectivity index (χ0v) is 31.8. The first-order valence-electron chi connectivity index (χ1n) is 14.8. The second-order valence-electron chi connectivity index (χ2n) is 10.1. The Balaban J connectivity index is 2.25. The molecule has 0 aromatic heterocycles. The van der Waals surface area contributed by atoms with Crippen LogP contribution in [0.5, 0.6) is 0 Å². The lowest BCUT2D eigenvalue weighted by atomic mass is 10.0. The Morgan fingerprint density at radius 3 is 1.46 bits per heavy atom. The minimum Gasteiger partial charge on any atom is -0.357 e. The predicted octanol–water partition coefficient (Wildman–Crippen LogP) is 7.19. The Bertz CT molecular complexity index is 1520. The summed E-state index contributed by atoms with van der Waals surface area (Å²) in [6.07, 6.45) is -0.285. The highest BCUT2D eigenvalue weighted by Gasteiger charge is 2.56. The molecule has 11 nitrogen and oxygen atoms in total. The molecular weight excluding hydrogens is 816 g/mol. The molecule has 0 aliphatic carbocycles. The van der Waals surface area contributed by atoms with Gasteiger partial charge in [-0.1, -0.05) is 56.1 Å². The van der Waals surface area contributed by atoms with Gasteiger partial charge in [0.05, 0.1) is 32.5 Å². The van der Waals surface area contributed by atoms with Gasteiger partial charge in [0, 0.05) is 33.5 Å². The van der Waals surface area contributed by atoms with Crippen LogP contribution in [0.2, 0.25) is 0 Å². The standard InChI is InChI=1S/C29H39Br2F4N3O8P2/c1-6-43-47(41,44-7-2)28(32,33)20-12-10-18(14-22(20)30)16-24(36)26(39)38-25(27(40)37-5)17-19-11-13-21(23(31)15-19)29(34,35)48(42,45-8-3)46-9-4/h10-15,24-25H,6-9,16-17,36H2,1-5H3,(H,37,40)(H,38,39)/t24-,25-/m0/s1. The molecule has 0 bridgehead atoms. The SMILES string of the molecule is CCOP(=O)(OCC)C(F)(F)c1ccc(C[C@H](NC(=O)[C@@H](N)Cc2ccc(C(F)(F)P(=O)(OCC)OCC)c(Br)c2)C(=O)NC)cc1Br. The third-order valence-corrected chi connectivity index (χ3v) is 12.3. The summed E-state index contributed by atoms with van der Waals surface area (Å²) in [4.78, 5) is 25.7. The lowest BCUT2D eigenvalue weighted by Crippen LogP contribution is -2.52. The maximum atomic E-state index is 15.3. The molecule has 0 saturated carbocycles. The van der Waals surface area contributed by atoms with Crippen LogP contribution in [0.1, 0.15) is 49.9 Å². The normalized spacial score (nSPS) is 14.0. The Morgan fingerprint density at radius 1 is 0.750 bits per heavy atom. The Labute approximate surface area is 293 Å². The number of amides is 2. The molecule has 2 amide bonds. The number of nitrogens with one attached hydrogen (secondary N) is 2. The molecule has 0 aliphatic heterocycles. The predicted molar refractivity (Wildman–Crippen MR) is 179 cm³/mol. The van der Waals surface area contributed by atoms with Crippen molar-refractivity contribution in [3.63, 3.8) is 0 Å². The van der Waals surface area contributed by atoms with E-state index in [1.165, 1.54) is 59.0 Å². The van der Waals surface area contributed by atoms with Crippen LogP contribution in [-0.2, 0) is 61.0 Å². The first-order valence-corrected chi connectivity index (χ1v) is 19.4. The van der Waals surface area contributed by atoms with Crippen LogP contribution in [0.25, 0.3) is 0 Å². The summed E-state index contributed by atoms with van der Waals surface area (Å²) in [5.74, 6) is -1.37. The van der Waals surface area contributed by atoms with Crippen LogP contribution in [0.15, 0.2) is 45.3 Å². The Kier molecular flexibility index (Phi) is 15.9. The van der Waals surface area contributed by atoms with Crippen LogP contribution in [0, 0.1) is 0 Å². The topological polar surface area (TPSA) is 155 Å². The van der Waals surface area contributed by atoms with Gasteiger partial charge in [-0.15, -0.1) is 0 Å². The minimum absolute atomic E-state index is 0.126. The van der Waals surface area contributed by atoms with Gasteiger partial charge in [-0.25, -0.2) is 0 Å². The van der Waals surface area contributed by atoms with E-state index in [0.29, 0.717) is 11.1 Å². The summed E-state index contributed by atoms with van der Waals surface area (Å²) in [6.45, 7) is 4.54. The van der Waals surface area contributed by atoms with E-state index in [-0.39, 0.29) is 48.2 Å². The number of halogens is 6. The largest absolute Gasteiger partial charge is 0.404 e. The summed E-state index contributed by atoms with van der Waals surface area (Å²) >= 11 is 6.15. The molecule has 0 saturated heterocycles. The molecule has 0 heterocycles. The summed E-state index contributed by atoms with van der Waals surface area (Å²) in [7, 11) is -8.41. The number of carbonyl (C=O) groups is 2. The van der Waals surface area contributed by atoms with E-state index in [0.717, 1.165) is 12.1 Å². The van der Waals surface area contributed by atoms with Crippen molar-refractivity contribution in [2.24, 2.45) is 5.73 Å². The zero-order chi connectivity index (χ0) is 36.5. The average Bonchev–Trinajstić information content (AvgIpc) is 3.00. The molecule has 2 rings (SSSR count). The van der Waals surface area contributed by atoms with Crippen molar-refractivity contribution in [2.75, 3.05) is 33.5 Å². The van der Waals surface area contributed by atoms with Crippen molar-refractivity contribution >= 4 is 58.9 Å². The monoisotopic (exact) mass is 853 g/mol. The third kappa shape index (κ3) is 9.76. The Morgan fingerprint density at radius 2 is 1.12 bits per heavy atom. The first kappa shape index (κ1) is 42.5. The minimum atomic E-state index is -4.88. The van der Waals surface area contributed by atoms with Crippen LogP contribution >= 0.6 is 47.1 Å². The van der Waals surface area contributed by atoms with Crippen LogP contribution in [-0.4, -0.2) is 57.4 Å². The van der Waals surface area contributed by atoms with Gasteiger partial charge in [0.2, 0.25) is 11.8 Å². The molecule has 48 heavy (non-hydrogen) atoms. The summed E-state index contributed by atoms with van der Waals surface area (Å²) in [5, 5.41) is 4.95. The average molecular weight is 855 g/mol. The van der Waals surface area contributed by atoms with Gasteiger partial charge in [-0.05, 0) is 57.4 Å². The van der Waals surface area contributed by atoms with Crippen molar-refractivity contribution in [1.29, 1.82) is 0 Å². The third-order valence-electron chi connectivity index (χ3n) is 6.71. The van der Waals surface area contributed by atoms with Crippen LogP contribution < -0.4 is 16.4 Å². The van der Waals surface area contributed by atoms with Gasteiger partial charge in [-0.3, -0.25) is 18.7 Å². The molecule has 0 spiro atoms. The van der Waals surface area contributed by atoms with E-state index in [4.69, 9.17) is 23.8 Å². The molecule has 0 fully saturated rings. The molecule has 19 heteroatoms. The highest BCUT2D eigenvalue weighted by atomic mass is 79.9. The first-order chi connectivity index (χ1) is 22.4. The molecule has 270 valence electrons. The number of rotatable bonds is 19. The summed E-state index contributed by atoms with van der Waals surface area (Å²) in [5.41, 5.74) is -2.50. The Hall–Kier alpha value is -1.68. The van der Waals surface area contributed by atoms with Gasteiger partial charge in [0.25, 0.3) is 0 Å². The number of carbonyl (C=O) groups excluding carboxylic acids is 2. The molecule has 4 N–H and O–H groups in total. The smallest absolute Gasteiger partial charge is 0.357 e. The second-order valence-corrected chi connectivity index (χ2v) is 15.9. The van der Waals surface area contributed by atoms with Gasteiger partial charge in [0.1, 0.15) is 6.04 Å². The van der Waals surface area contributed by atoms with Gasteiger partial charge in [0.15, 0.2) is 0 Å². The highest BCUT2D eigenvalue weighted by Crippen LogP contribution is 2.68. The van der Waals surface area contributed by atoms with Crippen molar-refractivity contribution < 1.29 is 54.4 Å². The van der Waals surface area contributed by atoms with Gasteiger partial charge < -0.3 is 34.5 Å². The maximum Gasteiger partial charge on any atom is 0.404 e. The van der Waals surface area contributed by atoms with Gasteiger partial charge in [-0.2, -0.15) is 17.6 Å². The van der Waals surface area contributed by atoms with E-state index >= 15 is 17.6 Å². The molecule has 2 aromatic rings. The van der Waals surface area contributed by atoms with Gasteiger partial charge >= 0.3 is 26.5 Å².